The van der Waals surface area contributed by atoms with Crippen molar-refractivity contribution in [3.63, 3.8) is 0 Å². The summed E-state index contributed by atoms with van der Waals surface area (Å²) in [7, 11) is 0. The van der Waals surface area contributed by atoms with Crippen LogP contribution in [0.4, 0.5) is 16.2 Å². The lowest BCUT2D eigenvalue weighted by atomic mass is 10.2. The summed E-state index contributed by atoms with van der Waals surface area (Å²) in [5.74, 6) is -0.159. The lowest BCUT2D eigenvalue weighted by Crippen LogP contribution is -2.54. The number of anilines is 2. The van der Waals surface area contributed by atoms with E-state index in [1.54, 1.807) is 6.07 Å². The van der Waals surface area contributed by atoms with Gasteiger partial charge in [0.15, 0.2) is 0 Å². The second kappa shape index (κ2) is 8.83. The predicted molar refractivity (Wildman–Crippen MR) is 109 cm³/mol. The Kier molecular flexibility index (Phi) is 6.23. The van der Waals surface area contributed by atoms with Gasteiger partial charge in [0.25, 0.3) is 0 Å². The normalized spacial score (nSPS) is 15.0. The summed E-state index contributed by atoms with van der Waals surface area (Å²) < 4.78 is 5.17. The molecule has 2 heterocycles. The number of aromatic nitrogens is 1. The molecule has 0 atom stereocenters. The lowest BCUT2D eigenvalue weighted by Gasteiger charge is -2.33. The fraction of sp³-hybridized carbons (Fsp3) is 0.333. The molecule has 0 saturated carbocycles. The number of rotatable bonds is 5. The number of amides is 3. The highest BCUT2D eigenvalue weighted by atomic mass is 16.6. The third-order valence-electron chi connectivity index (χ3n) is 4.40. The minimum Gasteiger partial charge on any atom is -0.391 e. The number of benzene rings is 1. The van der Waals surface area contributed by atoms with E-state index in [9.17, 15) is 14.4 Å². The van der Waals surface area contributed by atoms with Crippen molar-refractivity contribution in [2.24, 2.45) is 5.92 Å². The summed E-state index contributed by atoms with van der Waals surface area (Å²) in [6, 6.07) is 10.3. The van der Waals surface area contributed by atoms with Crippen LogP contribution in [0.1, 0.15) is 19.4 Å². The van der Waals surface area contributed by atoms with E-state index < -0.39 is 6.09 Å². The van der Waals surface area contributed by atoms with Crippen molar-refractivity contribution < 1.29 is 19.1 Å². The maximum atomic E-state index is 12.4. The maximum Gasteiger partial charge on any atom is 0.418 e. The molecule has 29 heavy (non-hydrogen) atoms. The quantitative estimate of drug-likeness (QED) is 0.782. The number of hydrogen-bond acceptors (Lipinski definition) is 6. The van der Waals surface area contributed by atoms with Gasteiger partial charge in [0.2, 0.25) is 17.7 Å². The molecule has 3 rings (SSSR count). The van der Waals surface area contributed by atoms with Gasteiger partial charge in [-0.3, -0.25) is 19.8 Å². The summed E-state index contributed by atoms with van der Waals surface area (Å²) in [5.41, 5.74) is 1.90. The minimum atomic E-state index is -0.672. The van der Waals surface area contributed by atoms with Crippen molar-refractivity contribution in [1.82, 2.24) is 9.88 Å². The molecule has 0 unspecified atom stereocenters. The van der Waals surface area contributed by atoms with Crippen molar-refractivity contribution in [2.45, 2.75) is 20.8 Å². The van der Waals surface area contributed by atoms with Crippen molar-refractivity contribution in [1.29, 1.82) is 0 Å². The van der Waals surface area contributed by atoms with E-state index in [-0.39, 0.29) is 30.8 Å². The third-order valence-corrected chi connectivity index (χ3v) is 4.40. The number of imide groups is 1. The van der Waals surface area contributed by atoms with Gasteiger partial charge in [-0.1, -0.05) is 32.0 Å². The molecular weight excluding hydrogens is 372 g/mol. The summed E-state index contributed by atoms with van der Waals surface area (Å²) in [6.07, 6.45) is 0.679. The van der Waals surface area contributed by atoms with E-state index >= 15 is 0 Å². The van der Waals surface area contributed by atoms with Gasteiger partial charge in [-0.2, -0.15) is 0 Å². The van der Waals surface area contributed by atoms with Crippen LogP contribution in [0, 0.1) is 12.8 Å². The minimum absolute atomic E-state index is 0.0678. The molecule has 0 aliphatic carbocycles. The Labute approximate surface area is 169 Å². The number of aryl methyl sites for hydroxylation is 1. The second-order valence-corrected chi connectivity index (χ2v) is 7.37. The topological polar surface area (TPSA) is 91.8 Å². The van der Waals surface area contributed by atoms with E-state index in [0.29, 0.717) is 23.8 Å². The smallest absolute Gasteiger partial charge is 0.391 e. The molecule has 1 fully saturated rings. The largest absolute Gasteiger partial charge is 0.418 e. The lowest BCUT2D eigenvalue weighted by molar-refractivity contribution is -0.132. The Balaban J connectivity index is 1.63. The van der Waals surface area contributed by atoms with E-state index in [1.807, 2.05) is 43.9 Å². The molecule has 152 valence electrons. The summed E-state index contributed by atoms with van der Waals surface area (Å²) in [5, 5.41) is 2.65. The number of carbonyl (C=O) groups excluding carboxylic acids is 3. The fourth-order valence-corrected chi connectivity index (χ4v) is 3.16. The van der Waals surface area contributed by atoms with Crippen LogP contribution in [0.25, 0.3) is 0 Å². The Bertz CT molecular complexity index is 893. The SMILES string of the molecule is Cc1ccccc1NC(=O)Oc1ccc(N2C(=O)CN(CC(C)C)CC2=O)cn1. The van der Waals surface area contributed by atoms with Crippen LogP contribution in [0.2, 0.25) is 0 Å². The molecule has 8 nitrogen and oxygen atoms in total. The molecule has 1 aromatic carbocycles. The predicted octanol–water partition coefficient (Wildman–Crippen LogP) is 2.83. The summed E-state index contributed by atoms with van der Waals surface area (Å²) in [6.45, 7) is 7.00. The van der Waals surface area contributed by atoms with Gasteiger partial charge in [0, 0.05) is 18.3 Å². The first kappa shape index (κ1) is 20.5. The van der Waals surface area contributed by atoms with Crippen LogP contribution in [-0.2, 0) is 9.59 Å². The summed E-state index contributed by atoms with van der Waals surface area (Å²) >= 11 is 0. The first-order chi connectivity index (χ1) is 13.8. The van der Waals surface area contributed by atoms with E-state index in [1.165, 1.54) is 18.3 Å². The molecule has 0 radical (unpaired) electrons. The number of pyridine rings is 1. The number of carbonyl (C=O) groups is 3. The van der Waals surface area contributed by atoms with Gasteiger partial charge in [-0.05, 0) is 30.5 Å². The number of ether oxygens (including phenoxy) is 1. The maximum absolute atomic E-state index is 12.4. The monoisotopic (exact) mass is 396 g/mol. The highest BCUT2D eigenvalue weighted by Crippen LogP contribution is 2.21. The Morgan fingerprint density at radius 1 is 1.14 bits per heavy atom. The zero-order valence-corrected chi connectivity index (χ0v) is 16.7. The molecule has 1 aliphatic heterocycles. The highest BCUT2D eigenvalue weighted by molar-refractivity contribution is 6.17. The van der Waals surface area contributed by atoms with E-state index in [4.69, 9.17) is 4.74 Å². The molecule has 3 amide bonds. The van der Waals surface area contributed by atoms with Crippen LogP contribution < -0.4 is 15.0 Å². The molecule has 2 aromatic rings. The molecular formula is C21H24N4O4. The van der Waals surface area contributed by atoms with Crippen LogP contribution in [0.5, 0.6) is 5.88 Å². The van der Waals surface area contributed by atoms with Crippen molar-refractivity contribution >= 4 is 29.3 Å². The molecule has 1 saturated heterocycles. The average molecular weight is 396 g/mol. The first-order valence-corrected chi connectivity index (χ1v) is 9.42. The number of hydrogen-bond donors (Lipinski definition) is 1. The van der Waals surface area contributed by atoms with Gasteiger partial charge in [-0.25, -0.2) is 14.7 Å². The van der Waals surface area contributed by atoms with Crippen LogP contribution in [-0.4, -0.2) is 47.4 Å². The molecule has 0 spiro atoms. The zero-order valence-electron chi connectivity index (χ0n) is 16.7. The number of para-hydroxylation sites is 1. The van der Waals surface area contributed by atoms with Crippen molar-refractivity contribution in [3.8, 4) is 5.88 Å². The Morgan fingerprint density at radius 2 is 1.83 bits per heavy atom. The summed E-state index contributed by atoms with van der Waals surface area (Å²) in [4.78, 5) is 43.9. The number of nitrogens with zero attached hydrogens (tertiary/aromatic N) is 3. The van der Waals surface area contributed by atoms with E-state index in [0.717, 1.165) is 10.5 Å². The van der Waals surface area contributed by atoms with Crippen molar-refractivity contribution in [2.75, 3.05) is 29.9 Å². The Hall–Kier alpha value is -3.26. The average Bonchev–Trinajstić information content (AvgIpc) is 2.64. The molecule has 8 heteroatoms. The van der Waals surface area contributed by atoms with Gasteiger partial charge in [0.1, 0.15) is 0 Å². The number of nitrogens with one attached hydrogen (secondary N) is 1. The fourth-order valence-electron chi connectivity index (χ4n) is 3.16. The van der Waals surface area contributed by atoms with Gasteiger partial charge < -0.3 is 4.74 Å². The van der Waals surface area contributed by atoms with E-state index in [2.05, 4.69) is 10.3 Å². The van der Waals surface area contributed by atoms with Crippen LogP contribution in [0.15, 0.2) is 42.6 Å². The standard InChI is InChI=1S/C21H24N4O4/c1-14(2)11-24-12-19(26)25(20(27)13-24)16-8-9-18(22-10-16)29-21(28)23-17-7-5-4-6-15(17)3/h4-10,14H,11-13H2,1-3H3,(H,23,28). The van der Waals surface area contributed by atoms with Crippen LogP contribution >= 0.6 is 0 Å². The number of piperazine rings is 1. The van der Waals surface area contributed by atoms with Crippen LogP contribution in [0.3, 0.4) is 0 Å². The molecule has 0 bridgehead atoms. The Morgan fingerprint density at radius 3 is 2.41 bits per heavy atom. The highest BCUT2D eigenvalue weighted by Gasteiger charge is 2.32. The van der Waals surface area contributed by atoms with Gasteiger partial charge in [0.05, 0.1) is 25.0 Å². The molecule has 1 aliphatic rings. The molecule has 1 N–H and O–H groups in total. The van der Waals surface area contributed by atoms with Gasteiger partial charge >= 0.3 is 6.09 Å². The zero-order chi connectivity index (χ0) is 21.0. The van der Waals surface area contributed by atoms with Crippen molar-refractivity contribution in [3.05, 3.63) is 48.2 Å². The first-order valence-electron chi connectivity index (χ1n) is 9.42. The molecule has 1 aromatic heterocycles. The van der Waals surface area contributed by atoms with Gasteiger partial charge in [-0.15, -0.1) is 0 Å². The second-order valence-electron chi connectivity index (χ2n) is 7.37. The third kappa shape index (κ3) is 5.17.